The van der Waals surface area contributed by atoms with E-state index in [1.54, 1.807) is 6.20 Å². The highest BCUT2D eigenvalue weighted by Crippen LogP contribution is 2.17. The van der Waals surface area contributed by atoms with Gasteiger partial charge in [0.15, 0.2) is 0 Å². The molecule has 2 aromatic rings. The molecular formula is C10H11N3. The third-order valence-corrected chi connectivity index (χ3v) is 2.02. The van der Waals surface area contributed by atoms with E-state index >= 15 is 0 Å². The first-order valence-electron chi connectivity index (χ1n) is 4.18. The van der Waals surface area contributed by atoms with Gasteiger partial charge in [-0.2, -0.15) is 5.10 Å². The lowest BCUT2D eigenvalue weighted by Crippen LogP contribution is -1.94. The molecule has 1 aromatic carbocycles. The smallest absolute Gasteiger partial charge is 0.0565 e. The van der Waals surface area contributed by atoms with Crippen LogP contribution in [0.25, 0.3) is 11.1 Å². The number of nitrogens with two attached hydrogens (primary N) is 1. The number of rotatable bonds is 2. The van der Waals surface area contributed by atoms with Crippen molar-refractivity contribution >= 4 is 0 Å². The van der Waals surface area contributed by atoms with Gasteiger partial charge in [0.1, 0.15) is 0 Å². The van der Waals surface area contributed by atoms with E-state index in [9.17, 15) is 0 Å². The van der Waals surface area contributed by atoms with Gasteiger partial charge in [-0.05, 0) is 11.1 Å². The Hall–Kier alpha value is -1.61. The first kappa shape index (κ1) is 8.01. The molecule has 2 rings (SSSR count). The molecule has 1 heterocycles. The summed E-state index contributed by atoms with van der Waals surface area (Å²) in [6.45, 7) is 0.589. The molecule has 0 aliphatic rings. The van der Waals surface area contributed by atoms with Crippen molar-refractivity contribution in [3.63, 3.8) is 0 Å². The van der Waals surface area contributed by atoms with Gasteiger partial charge < -0.3 is 5.73 Å². The SMILES string of the molecule is NCc1ccc(-c2cn[nH]c2)cc1. The van der Waals surface area contributed by atoms with Crippen molar-refractivity contribution in [1.82, 2.24) is 10.2 Å². The second-order valence-electron chi connectivity index (χ2n) is 2.89. The second-order valence-corrected chi connectivity index (χ2v) is 2.89. The van der Waals surface area contributed by atoms with Gasteiger partial charge in [0.25, 0.3) is 0 Å². The Morgan fingerprint density at radius 3 is 2.46 bits per heavy atom. The molecule has 0 saturated carbocycles. The maximum atomic E-state index is 5.50. The van der Waals surface area contributed by atoms with Gasteiger partial charge in [-0.1, -0.05) is 24.3 Å². The number of nitrogens with zero attached hydrogens (tertiary/aromatic N) is 1. The number of nitrogens with one attached hydrogen (secondary N) is 1. The van der Waals surface area contributed by atoms with Gasteiger partial charge in [0.05, 0.1) is 6.20 Å². The highest BCUT2D eigenvalue weighted by atomic mass is 15.1. The minimum absolute atomic E-state index is 0.589. The molecule has 0 bridgehead atoms. The Morgan fingerprint density at radius 2 is 1.92 bits per heavy atom. The molecule has 0 unspecified atom stereocenters. The zero-order valence-electron chi connectivity index (χ0n) is 7.20. The van der Waals surface area contributed by atoms with E-state index in [0.717, 1.165) is 16.7 Å². The summed E-state index contributed by atoms with van der Waals surface area (Å²) < 4.78 is 0. The minimum Gasteiger partial charge on any atom is -0.326 e. The van der Waals surface area contributed by atoms with Gasteiger partial charge in [0.2, 0.25) is 0 Å². The van der Waals surface area contributed by atoms with Crippen molar-refractivity contribution < 1.29 is 0 Å². The molecule has 0 saturated heterocycles. The average molecular weight is 173 g/mol. The third-order valence-electron chi connectivity index (χ3n) is 2.02. The topological polar surface area (TPSA) is 54.7 Å². The van der Waals surface area contributed by atoms with Crippen molar-refractivity contribution in [3.8, 4) is 11.1 Å². The van der Waals surface area contributed by atoms with Crippen molar-refractivity contribution in [2.24, 2.45) is 5.73 Å². The van der Waals surface area contributed by atoms with Crippen LogP contribution < -0.4 is 5.73 Å². The Labute approximate surface area is 76.6 Å². The van der Waals surface area contributed by atoms with Gasteiger partial charge in [-0.25, -0.2) is 0 Å². The van der Waals surface area contributed by atoms with Crippen LogP contribution in [0.2, 0.25) is 0 Å². The molecular weight excluding hydrogens is 162 g/mol. The van der Waals surface area contributed by atoms with Crippen LogP contribution in [0.1, 0.15) is 5.56 Å². The van der Waals surface area contributed by atoms with Crippen LogP contribution >= 0.6 is 0 Å². The van der Waals surface area contributed by atoms with Gasteiger partial charge in [-0.15, -0.1) is 0 Å². The first-order chi connectivity index (χ1) is 6.40. The van der Waals surface area contributed by atoms with E-state index in [4.69, 9.17) is 5.73 Å². The van der Waals surface area contributed by atoms with Gasteiger partial charge >= 0.3 is 0 Å². The maximum absolute atomic E-state index is 5.50. The molecule has 0 spiro atoms. The highest BCUT2D eigenvalue weighted by Gasteiger charge is 1.97. The first-order valence-corrected chi connectivity index (χ1v) is 4.18. The molecule has 0 amide bonds. The van der Waals surface area contributed by atoms with Crippen LogP contribution in [0.15, 0.2) is 36.7 Å². The Morgan fingerprint density at radius 1 is 1.15 bits per heavy atom. The summed E-state index contributed by atoms with van der Waals surface area (Å²) in [5.74, 6) is 0. The number of hydrogen-bond acceptors (Lipinski definition) is 2. The molecule has 3 nitrogen and oxygen atoms in total. The lowest BCUT2D eigenvalue weighted by atomic mass is 10.1. The molecule has 66 valence electrons. The molecule has 3 N–H and O–H groups in total. The van der Waals surface area contributed by atoms with Crippen molar-refractivity contribution in [1.29, 1.82) is 0 Å². The van der Waals surface area contributed by atoms with Crippen molar-refractivity contribution in [3.05, 3.63) is 42.2 Å². The minimum atomic E-state index is 0.589. The van der Waals surface area contributed by atoms with E-state index in [2.05, 4.69) is 10.2 Å². The predicted octanol–water partition coefficient (Wildman–Crippen LogP) is 1.54. The number of aromatic amines is 1. The van der Waals surface area contributed by atoms with Crippen LogP contribution in [0.3, 0.4) is 0 Å². The Kier molecular flexibility index (Phi) is 2.10. The lowest BCUT2D eigenvalue weighted by molar-refractivity contribution is 1.07. The van der Waals surface area contributed by atoms with Crippen molar-refractivity contribution in [2.45, 2.75) is 6.54 Å². The van der Waals surface area contributed by atoms with Crippen LogP contribution in [0.4, 0.5) is 0 Å². The fourth-order valence-electron chi connectivity index (χ4n) is 1.24. The molecule has 0 aliphatic carbocycles. The summed E-state index contributed by atoms with van der Waals surface area (Å²) in [6, 6.07) is 8.16. The van der Waals surface area contributed by atoms with E-state index < -0.39 is 0 Å². The van der Waals surface area contributed by atoms with E-state index in [0.29, 0.717) is 6.54 Å². The van der Waals surface area contributed by atoms with E-state index in [-0.39, 0.29) is 0 Å². The zero-order chi connectivity index (χ0) is 9.10. The molecule has 1 aromatic heterocycles. The fraction of sp³-hybridized carbons (Fsp3) is 0.100. The summed E-state index contributed by atoms with van der Waals surface area (Å²) >= 11 is 0. The summed E-state index contributed by atoms with van der Waals surface area (Å²) in [5, 5.41) is 6.67. The Bertz CT molecular complexity index is 362. The van der Waals surface area contributed by atoms with Gasteiger partial charge in [-0.3, -0.25) is 5.10 Å². The molecule has 3 heteroatoms. The zero-order valence-corrected chi connectivity index (χ0v) is 7.20. The predicted molar refractivity (Wildman–Crippen MR) is 51.9 cm³/mol. The number of aromatic nitrogens is 2. The lowest BCUT2D eigenvalue weighted by Gasteiger charge is -1.98. The highest BCUT2D eigenvalue weighted by molar-refractivity contribution is 5.61. The molecule has 0 radical (unpaired) electrons. The Balaban J connectivity index is 2.33. The standard InChI is InChI=1S/C10H11N3/c11-5-8-1-3-9(4-2-8)10-6-12-13-7-10/h1-4,6-7H,5,11H2,(H,12,13). The van der Waals surface area contributed by atoms with E-state index in [1.807, 2.05) is 30.5 Å². The molecule has 0 fully saturated rings. The summed E-state index contributed by atoms with van der Waals surface area (Å²) in [7, 11) is 0. The molecule has 13 heavy (non-hydrogen) atoms. The quantitative estimate of drug-likeness (QED) is 0.723. The second kappa shape index (κ2) is 3.41. The van der Waals surface area contributed by atoms with Crippen molar-refractivity contribution in [2.75, 3.05) is 0 Å². The maximum Gasteiger partial charge on any atom is 0.0565 e. The number of hydrogen-bond donors (Lipinski definition) is 2. The summed E-state index contributed by atoms with van der Waals surface area (Å²) in [6.07, 6.45) is 3.68. The summed E-state index contributed by atoms with van der Waals surface area (Å²) in [4.78, 5) is 0. The summed E-state index contributed by atoms with van der Waals surface area (Å²) in [5.41, 5.74) is 8.90. The van der Waals surface area contributed by atoms with E-state index in [1.165, 1.54) is 0 Å². The molecule has 0 aliphatic heterocycles. The number of H-pyrrole nitrogens is 1. The van der Waals surface area contributed by atoms with Crippen LogP contribution in [0.5, 0.6) is 0 Å². The van der Waals surface area contributed by atoms with Gasteiger partial charge in [0, 0.05) is 18.3 Å². The van der Waals surface area contributed by atoms with Crippen LogP contribution in [0, 0.1) is 0 Å². The average Bonchev–Trinajstić information content (AvgIpc) is 2.71. The monoisotopic (exact) mass is 173 g/mol. The van der Waals surface area contributed by atoms with Crippen LogP contribution in [-0.4, -0.2) is 10.2 Å². The largest absolute Gasteiger partial charge is 0.326 e. The molecule has 0 atom stereocenters. The third kappa shape index (κ3) is 1.60. The fourth-order valence-corrected chi connectivity index (χ4v) is 1.24. The van der Waals surface area contributed by atoms with Crippen LogP contribution in [-0.2, 0) is 6.54 Å². The number of benzene rings is 1. The normalized spacial score (nSPS) is 10.2.